The number of hydrogen-bond donors (Lipinski definition) is 1. The van der Waals surface area contributed by atoms with Gasteiger partial charge in [-0.2, -0.15) is 0 Å². The average Bonchev–Trinajstić information content (AvgIpc) is 3.10. The lowest BCUT2D eigenvalue weighted by atomic mass is 9.99. The lowest BCUT2D eigenvalue weighted by Gasteiger charge is -2.11. The molecule has 1 aliphatic rings. The molecule has 3 atom stereocenters. The molecule has 6 heteroatoms. The van der Waals surface area contributed by atoms with E-state index in [9.17, 15) is 18.3 Å². The molecule has 0 amide bonds. The van der Waals surface area contributed by atoms with Crippen molar-refractivity contribution in [2.24, 2.45) is 5.41 Å². The molecule has 116 valence electrons. The molecule has 21 heavy (non-hydrogen) atoms. The van der Waals surface area contributed by atoms with Crippen LogP contribution in [0.4, 0.5) is 0 Å². The molecule has 0 bridgehead atoms. The molecule has 1 N–H and O–H groups in total. The summed E-state index contributed by atoms with van der Waals surface area (Å²) in [5.41, 5.74) is 0.487. The second kappa shape index (κ2) is 5.42. The molecule has 1 aromatic carbocycles. The van der Waals surface area contributed by atoms with E-state index >= 15 is 0 Å². The molecule has 0 radical (unpaired) electrons. The van der Waals surface area contributed by atoms with Crippen molar-refractivity contribution >= 4 is 15.8 Å². The molecule has 0 saturated heterocycles. The Labute approximate surface area is 124 Å². The number of carboxylic acids is 1. The van der Waals surface area contributed by atoms with Gasteiger partial charge in [-0.25, -0.2) is 8.42 Å². The van der Waals surface area contributed by atoms with Gasteiger partial charge in [0, 0.05) is 19.3 Å². The standard InChI is InChI=1S/C15H20O5S/c1-4-10-5-7-11(8-6-10)12-13(21(3,18)19)15(12,9-20-2)14(16)17/h5-8,12-13H,4,9H2,1-3H3,(H,16,17)/t12-,13+,15-/m0/s1. The Kier molecular flexibility index (Phi) is 4.13. The molecule has 2 rings (SSSR count). The van der Waals surface area contributed by atoms with Gasteiger partial charge in [-0.1, -0.05) is 31.2 Å². The second-order valence-corrected chi connectivity index (χ2v) is 7.77. The number of benzene rings is 1. The third kappa shape index (κ3) is 2.58. The van der Waals surface area contributed by atoms with E-state index in [1.807, 2.05) is 31.2 Å². The van der Waals surface area contributed by atoms with Crippen LogP contribution in [0.5, 0.6) is 0 Å². The van der Waals surface area contributed by atoms with E-state index in [0.29, 0.717) is 0 Å². The first-order valence-corrected chi connectivity index (χ1v) is 8.74. The van der Waals surface area contributed by atoms with Crippen molar-refractivity contribution in [2.75, 3.05) is 20.0 Å². The van der Waals surface area contributed by atoms with Crippen molar-refractivity contribution in [3.63, 3.8) is 0 Å². The average molecular weight is 312 g/mol. The van der Waals surface area contributed by atoms with Gasteiger partial charge in [-0.3, -0.25) is 4.79 Å². The fraction of sp³-hybridized carbons (Fsp3) is 0.533. The first-order chi connectivity index (χ1) is 9.79. The van der Waals surface area contributed by atoms with Gasteiger partial charge in [0.25, 0.3) is 0 Å². The normalized spacial score (nSPS) is 28.3. The molecule has 1 aliphatic carbocycles. The van der Waals surface area contributed by atoms with Crippen LogP contribution in [-0.4, -0.2) is 44.7 Å². The van der Waals surface area contributed by atoms with Crippen LogP contribution in [0.2, 0.25) is 0 Å². The van der Waals surface area contributed by atoms with Crippen LogP contribution in [0.25, 0.3) is 0 Å². The first-order valence-electron chi connectivity index (χ1n) is 6.79. The van der Waals surface area contributed by atoms with E-state index < -0.39 is 32.4 Å². The lowest BCUT2D eigenvalue weighted by Crippen LogP contribution is -2.28. The molecule has 1 saturated carbocycles. The highest BCUT2D eigenvalue weighted by Gasteiger charge is 2.74. The maximum absolute atomic E-state index is 12.0. The van der Waals surface area contributed by atoms with Crippen LogP contribution >= 0.6 is 0 Å². The number of methoxy groups -OCH3 is 1. The van der Waals surface area contributed by atoms with Crippen LogP contribution in [0.3, 0.4) is 0 Å². The number of carbonyl (C=O) groups is 1. The number of rotatable bonds is 6. The summed E-state index contributed by atoms with van der Waals surface area (Å²) in [6.45, 7) is 1.91. The fourth-order valence-corrected chi connectivity index (χ4v) is 5.09. The first kappa shape index (κ1) is 16.0. The van der Waals surface area contributed by atoms with Gasteiger partial charge in [0.05, 0.1) is 11.9 Å². The van der Waals surface area contributed by atoms with Gasteiger partial charge in [0.1, 0.15) is 5.41 Å². The van der Waals surface area contributed by atoms with Crippen molar-refractivity contribution in [1.82, 2.24) is 0 Å². The highest BCUT2D eigenvalue weighted by molar-refractivity contribution is 7.91. The Hall–Kier alpha value is -1.40. The number of aliphatic carboxylic acids is 1. The number of hydrogen-bond acceptors (Lipinski definition) is 4. The summed E-state index contributed by atoms with van der Waals surface area (Å²) in [5, 5.41) is 8.62. The maximum Gasteiger partial charge on any atom is 0.314 e. The monoisotopic (exact) mass is 312 g/mol. The fourth-order valence-electron chi connectivity index (χ4n) is 3.19. The zero-order chi connectivity index (χ0) is 15.8. The Bertz CT molecular complexity index is 635. The molecular weight excluding hydrogens is 292 g/mol. The molecule has 0 aliphatic heterocycles. The van der Waals surface area contributed by atoms with Gasteiger partial charge in [0.15, 0.2) is 9.84 Å². The van der Waals surface area contributed by atoms with Crippen LogP contribution < -0.4 is 0 Å². The van der Waals surface area contributed by atoms with E-state index in [2.05, 4.69) is 0 Å². The Morgan fingerprint density at radius 1 is 1.33 bits per heavy atom. The minimum absolute atomic E-state index is 0.111. The van der Waals surface area contributed by atoms with Crippen LogP contribution in [0.1, 0.15) is 24.0 Å². The number of ether oxygens (including phenoxy) is 1. The van der Waals surface area contributed by atoms with Crippen molar-refractivity contribution in [3.05, 3.63) is 35.4 Å². The predicted molar refractivity (Wildman–Crippen MR) is 79.1 cm³/mol. The summed E-state index contributed by atoms with van der Waals surface area (Å²) in [6.07, 6.45) is 1.97. The van der Waals surface area contributed by atoms with E-state index in [1.165, 1.54) is 7.11 Å². The smallest absolute Gasteiger partial charge is 0.314 e. The lowest BCUT2D eigenvalue weighted by molar-refractivity contribution is -0.145. The molecule has 5 nitrogen and oxygen atoms in total. The minimum Gasteiger partial charge on any atom is -0.481 e. The highest BCUT2D eigenvalue weighted by Crippen LogP contribution is 2.63. The van der Waals surface area contributed by atoms with Gasteiger partial charge in [-0.05, 0) is 17.5 Å². The summed E-state index contributed by atoms with van der Waals surface area (Å²) in [6, 6.07) is 7.46. The second-order valence-electron chi connectivity index (χ2n) is 5.60. The van der Waals surface area contributed by atoms with E-state index in [4.69, 9.17) is 4.74 Å². The topological polar surface area (TPSA) is 80.7 Å². The molecule has 0 unspecified atom stereocenters. The van der Waals surface area contributed by atoms with E-state index in [0.717, 1.165) is 23.8 Å². The molecular formula is C15H20O5S. The molecule has 1 aromatic rings. The van der Waals surface area contributed by atoms with Crippen LogP contribution in [-0.2, 0) is 25.8 Å². The molecule has 0 aromatic heterocycles. The summed E-state index contributed by atoms with van der Waals surface area (Å²) >= 11 is 0. The van der Waals surface area contributed by atoms with Crippen molar-refractivity contribution in [2.45, 2.75) is 24.5 Å². The van der Waals surface area contributed by atoms with Crippen molar-refractivity contribution in [1.29, 1.82) is 0 Å². The third-order valence-corrected chi connectivity index (χ3v) is 5.86. The zero-order valence-electron chi connectivity index (χ0n) is 12.4. The van der Waals surface area contributed by atoms with Gasteiger partial charge in [-0.15, -0.1) is 0 Å². The summed E-state index contributed by atoms with van der Waals surface area (Å²) in [5.74, 6) is -1.68. The van der Waals surface area contributed by atoms with Gasteiger partial charge >= 0.3 is 5.97 Å². The highest BCUT2D eigenvalue weighted by atomic mass is 32.2. The van der Waals surface area contributed by atoms with Crippen LogP contribution in [0.15, 0.2) is 24.3 Å². The molecule has 0 spiro atoms. The van der Waals surface area contributed by atoms with Crippen molar-refractivity contribution < 1.29 is 23.1 Å². The van der Waals surface area contributed by atoms with Crippen LogP contribution in [0, 0.1) is 5.41 Å². The maximum atomic E-state index is 12.0. The largest absolute Gasteiger partial charge is 0.481 e. The summed E-state index contributed by atoms with van der Waals surface area (Å²) in [4.78, 5) is 11.7. The third-order valence-electron chi connectivity index (χ3n) is 4.25. The van der Waals surface area contributed by atoms with E-state index in [-0.39, 0.29) is 6.61 Å². The summed E-state index contributed by atoms with van der Waals surface area (Å²) in [7, 11) is -2.09. The quantitative estimate of drug-likeness (QED) is 0.860. The van der Waals surface area contributed by atoms with E-state index in [1.54, 1.807) is 0 Å². The Morgan fingerprint density at radius 2 is 1.90 bits per heavy atom. The zero-order valence-corrected chi connectivity index (χ0v) is 13.2. The predicted octanol–water partition coefficient (Wildman–Crippen LogP) is 1.48. The van der Waals surface area contributed by atoms with Crippen molar-refractivity contribution in [3.8, 4) is 0 Å². The van der Waals surface area contributed by atoms with Gasteiger partial charge in [0.2, 0.25) is 0 Å². The minimum atomic E-state index is -3.48. The molecule has 1 fully saturated rings. The number of carboxylic acid groups (broad SMARTS) is 1. The summed E-state index contributed by atoms with van der Waals surface area (Å²) < 4.78 is 29.0. The molecule has 0 heterocycles. The number of sulfone groups is 1. The van der Waals surface area contributed by atoms with Gasteiger partial charge < -0.3 is 9.84 Å². The number of aryl methyl sites for hydroxylation is 1. The Morgan fingerprint density at radius 3 is 2.29 bits per heavy atom. The Balaban J connectivity index is 2.46. The SMILES string of the molecule is CCc1ccc([C@H]2[C@@H](S(C)(=O)=O)[C@@]2(COC)C(=O)O)cc1.